The van der Waals surface area contributed by atoms with Crippen LogP contribution < -0.4 is 5.32 Å². The van der Waals surface area contributed by atoms with Crippen LogP contribution in [0.3, 0.4) is 0 Å². The molecule has 0 saturated heterocycles. The van der Waals surface area contributed by atoms with Gasteiger partial charge in [0, 0.05) is 26.8 Å². The van der Waals surface area contributed by atoms with Gasteiger partial charge in [0.15, 0.2) is 5.76 Å². The third-order valence-corrected chi connectivity index (χ3v) is 5.30. The van der Waals surface area contributed by atoms with Crippen LogP contribution in [0.5, 0.6) is 0 Å². The number of benzene rings is 2. The van der Waals surface area contributed by atoms with Crippen molar-refractivity contribution in [2.75, 3.05) is 5.32 Å². The molecule has 1 amide bonds. The lowest BCUT2D eigenvalue weighted by molar-refractivity contribution is 0.121. The van der Waals surface area contributed by atoms with E-state index in [1.807, 2.05) is 48.5 Å². The number of nitrogens with one attached hydrogen (secondary N) is 1. The maximum absolute atomic E-state index is 12.6. The normalized spacial score (nSPS) is 12.0. The predicted molar refractivity (Wildman–Crippen MR) is 117 cm³/mol. The van der Waals surface area contributed by atoms with Crippen LogP contribution in [-0.4, -0.2) is 11.1 Å². The molecule has 146 valence electrons. The topological polar surface area (TPSA) is 64.4 Å². The Morgan fingerprint density at radius 3 is 2.66 bits per heavy atom. The number of nitrogens with zero attached hydrogens (tertiary/aromatic N) is 1. The number of furan rings is 1. The van der Waals surface area contributed by atoms with E-state index in [0.29, 0.717) is 27.6 Å². The third-order valence-electron chi connectivity index (χ3n) is 4.43. The van der Waals surface area contributed by atoms with Gasteiger partial charge in [-0.2, -0.15) is 0 Å². The van der Waals surface area contributed by atoms with Crippen molar-refractivity contribution in [3.63, 3.8) is 0 Å². The van der Waals surface area contributed by atoms with Crippen molar-refractivity contribution in [3.05, 3.63) is 81.9 Å². The second-order valence-electron chi connectivity index (χ2n) is 6.36. The van der Waals surface area contributed by atoms with Gasteiger partial charge in [0.05, 0.1) is 5.39 Å². The highest BCUT2D eigenvalue weighted by molar-refractivity contribution is 9.10. The number of ether oxygens (including phenoxy) is 1. The van der Waals surface area contributed by atoms with Gasteiger partial charge in [-0.3, -0.25) is 5.32 Å². The highest BCUT2D eigenvalue weighted by Crippen LogP contribution is 2.38. The molecule has 0 saturated carbocycles. The molecule has 5 nitrogen and oxygen atoms in total. The van der Waals surface area contributed by atoms with Crippen molar-refractivity contribution in [1.82, 2.24) is 4.98 Å². The van der Waals surface area contributed by atoms with Crippen LogP contribution in [0.4, 0.5) is 10.5 Å². The Kier molecular flexibility index (Phi) is 5.56. The van der Waals surface area contributed by atoms with Crippen LogP contribution in [0.15, 0.2) is 75.8 Å². The van der Waals surface area contributed by atoms with E-state index in [9.17, 15) is 4.79 Å². The molecule has 0 aliphatic carbocycles. The molecular weight excluding hydrogens is 456 g/mol. The fourth-order valence-electron chi connectivity index (χ4n) is 3.02. The average molecular weight is 472 g/mol. The number of anilines is 1. The summed E-state index contributed by atoms with van der Waals surface area (Å²) in [5, 5.41) is 4.05. The lowest BCUT2D eigenvalue weighted by Crippen LogP contribution is -2.16. The molecule has 4 rings (SSSR count). The molecule has 2 heterocycles. The Morgan fingerprint density at radius 2 is 1.90 bits per heavy atom. The van der Waals surface area contributed by atoms with E-state index < -0.39 is 12.2 Å². The van der Waals surface area contributed by atoms with E-state index in [1.54, 1.807) is 25.3 Å². The first kappa shape index (κ1) is 19.5. The van der Waals surface area contributed by atoms with Crippen molar-refractivity contribution < 1.29 is 13.9 Å². The van der Waals surface area contributed by atoms with Crippen molar-refractivity contribution in [3.8, 4) is 11.3 Å². The highest BCUT2D eigenvalue weighted by Gasteiger charge is 2.21. The molecule has 0 bridgehead atoms. The number of pyridine rings is 1. The zero-order valence-corrected chi connectivity index (χ0v) is 17.7. The van der Waals surface area contributed by atoms with Crippen LogP contribution in [0.25, 0.3) is 22.4 Å². The summed E-state index contributed by atoms with van der Waals surface area (Å²) >= 11 is 9.63. The van der Waals surface area contributed by atoms with Crippen LogP contribution in [-0.2, 0) is 4.74 Å². The zero-order chi connectivity index (χ0) is 20.4. The molecular formula is C22H16BrClN2O3. The first-order valence-electron chi connectivity index (χ1n) is 8.88. The minimum atomic E-state index is -0.609. The molecule has 0 fully saturated rings. The van der Waals surface area contributed by atoms with Gasteiger partial charge < -0.3 is 9.15 Å². The lowest BCUT2D eigenvalue weighted by atomic mass is 10.1. The van der Waals surface area contributed by atoms with Crippen LogP contribution in [0.2, 0.25) is 5.02 Å². The van der Waals surface area contributed by atoms with Gasteiger partial charge in [0.2, 0.25) is 5.71 Å². The second-order valence-corrected chi connectivity index (χ2v) is 7.69. The van der Waals surface area contributed by atoms with Crippen molar-refractivity contribution >= 4 is 50.4 Å². The minimum Gasteiger partial charge on any atom is -0.441 e. The van der Waals surface area contributed by atoms with Crippen LogP contribution in [0.1, 0.15) is 18.6 Å². The van der Waals surface area contributed by atoms with E-state index >= 15 is 0 Å². The first-order valence-corrected chi connectivity index (χ1v) is 10.1. The molecule has 2 aromatic heterocycles. The van der Waals surface area contributed by atoms with Gasteiger partial charge in [0.25, 0.3) is 0 Å². The Balaban J connectivity index is 1.64. The van der Waals surface area contributed by atoms with Crippen LogP contribution >= 0.6 is 27.5 Å². The number of halogens is 2. The number of carbonyl (C=O) groups is 1. The second kappa shape index (κ2) is 8.27. The Labute approximate surface area is 180 Å². The number of fused-ring (bicyclic) bond motifs is 1. The number of rotatable bonds is 4. The summed E-state index contributed by atoms with van der Waals surface area (Å²) in [7, 11) is 0. The molecule has 0 unspecified atom stereocenters. The van der Waals surface area contributed by atoms with Gasteiger partial charge in [-0.25, -0.2) is 9.78 Å². The zero-order valence-electron chi connectivity index (χ0n) is 15.4. The number of carbonyl (C=O) groups excluding carboxylic acids is 1. The van der Waals surface area contributed by atoms with Gasteiger partial charge in [-0.1, -0.05) is 57.9 Å². The molecule has 2 aromatic carbocycles. The SMILES string of the molecule is C[C@@H](OC(=O)Nc1c(-c2ccc(Br)cc2)oc2ncccc12)c1ccccc1Cl. The number of amides is 1. The maximum Gasteiger partial charge on any atom is 0.412 e. The van der Waals surface area contributed by atoms with Gasteiger partial charge in [-0.15, -0.1) is 0 Å². The molecule has 1 N–H and O–H groups in total. The molecule has 0 spiro atoms. The largest absolute Gasteiger partial charge is 0.441 e. The highest BCUT2D eigenvalue weighted by atomic mass is 79.9. The summed E-state index contributed by atoms with van der Waals surface area (Å²) < 4.78 is 12.4. The number of hydrogen-bond acceptors (Lipinski definition) is 4. The third kappa shape index (κ3) is 4.13. The average Bonchev–Trinajstić information content (AvgIpc) is 3.07. The molecule has 0 aliphatic rings. The predicted octanol–water partition coefficient (Wildman–Crippen LogP) is 7.22. The first-order chi connectivity index (χ1) is 14.0. The molecule has 4 aromatic rings. The summed E-state index contributed by atoms with van der Waals surface area (Å²) in [5.41, 5.74) is 2.48. The molecule has 1 atom stereocenters. The Hall–Kier alpha value is -2.83. The minimum absolute atomic E-state index is 0.430. The molecule has 29 heavy (non-hydrogen) atoms. The number of hydrogen-bond donors (Lipinski definition) is 1. The molecule has 7 heteroatoms. The quantitative estimate of drug-likeness (QED) is 0.341. The standard InChI is InChI=1S/C22H16BrClN2O3/c1-13(16-5-2-3-7-18(16)24)28-22(27)26-19-17-6-4-12-25-21(17)29-20(19)14-8-10-15(23)11-9-14/h2-13H,1H3,(H,26,27)/t13-/m1/s1. The fraction of sp³-hybridized carbons (Fsp3) is 0.0909. The van der Waals surface area contributed by atoms with Crippen molar-refractivity contribution in [2.45, 2.75) is 13.0 Å². The lowest BCUT2D eigenvalue weighted by Gasteiger charge is -2.15. The molecule has 0 radical (unpaired) electrons. The van der Waals surface area contributed by atoms with Crippen LogP contribution in [0, 0.1) is 0 Å². The van der Waals surface area contributed by atoms with Gasteiger partial charge >= 0.3 is 6.09 Å². The van der Waals surface area contributed by atoms with E-state index in [1.165, 1.54) is 0 Å². The summed E-state index contributed by atoms with van der Waals surface area (Å²) in [6, 6.07) is 18.5. The van der Waals surface area contributed by atoms with E-state index in [4.69, 9.17) is 20.8 Å². The van der Waals surface area contributed by atoms with E-state index in [2.05, 4.69) is 26.2 Å². The van der Waals surface area contributed by atoms with E-state index in [-0.39, 0.29) is 0 Å². The summed E-state index contributed by atoms with van der Waals surface area (Å²) in [4.78, 5) is 16.9. The van der Waals surface area contributed by atoms with Crippen molar-refractivity contribution in [1.29, 1.82) is 0 Å². The van der Waals surface area contributed by atoms with Crippen molar-refractivity contribution in [2.24, 2.45) is 0 Å². The molecule has 0 aliphatic heterocycles. The summed E-state index contributed by atoms with van der Waals surface area (Å²) in [5.74, 6) is 0.508. The fourth-order valence-corrected chi connectivity index (χ4v) is 3.58. The summed E-state index contributed by atoms with van der Waals surface area (Å²) in [6.45, 7) is 1.77. The maximum atomic E-state index is 12.6. The van der Waals surface area contributed by atoms with Gasteiger partial charge in [-0.05, 0) is 37.3 Å². The van der Waals surface area contributed by atoms with E-state index in [0.717, 1.165) is 15.6 Å². The smallest absolute Gasteiger partial charge is 0.412 e. The monoisotopic (exact) mass is 470 g/mol. The Morgan fingerprint density at radius 1 is 1.14 bits per heavy atom. The number of aromatic nitrogens is 1. The van der Waals surface area contributed by atoms with Gasteiger partial charge in [0.1, 0.15) is 11.8 Å². The Bertz CT molecular complexity index is 1170. The summed E-state index contributed by atoms with van der Waals surface area (Å²) in [6.07, 6.45) is 0.511.